The number of rotatable bonds is 6. The van der Waals surface area contributed by atoms with Crippen LogP contribution in [-0.4, -0.2) is 54.4 Å². The van der Waals surface area contributed by atoms with Crippen molar-refractivity contribution < 1.29 is 9.15 Å². The normalized spacial score (nSPS) is 17.1. The van der Waals surface area contributed by atoms with Crippen molar-refractivity contribution in [1.82, 2.24) is 25.8 Å². The Labute approximate surface area is 175 Å². The highest BCUT2D eigenvalue weighted by atomic mass is 16.5. The second-order valence-electron chi connectivity index (χ2n) is 7.14. The molecule has 3 aromatic rings. The molecule has 1 aromatic carbocycles. The van der Waals surface area contributed by atoms with Gasteiger partial charge in [-0.1, -0.05) is 6.07 Å². The van der Waals surface area contributed by atoms with Gasteiger partial charge < -0.3 is 24.7 Å². The minimum absolute atomic E-state index is 0.296. The molecule has 0 aliphatic carbocycles. The van der Waals surface area contributed by atoms with Gasteiger partial charge in [-0.2, -0.15) is 0 Å². The van der Waals surface area contributed by atoms with E-state index >= 15 is 0 Å². The number of ether oxygens (including phenoxy) is 1. The van der Waals surface area contributed by atoms with Crippen molar-refractivity contribution in [2.24, 2.45) is 4.99 Å². The first-order valence-corrected chi connectivity index (χ1v) is 10.1. The average Bonchev–Trinajstić information content (AvgIpc) is 3.49. The van der Waals surface area contributed by atoms with Crippen molar-refractivity contribution in [1.29, 1.82) is 0 Å². The van der Waals surface area contributed by atoms with Gasteiger partial charge in [-0.15, -0.1) is 5.10 Å². The predicted octanol–water partition coefficient (Wildman–Crippen LogP) is 2.41. The van der Waals surface area contributed by atoms with Crippen LogP contribution >= 0.6 is 0 Å². The van der Waals surface area contributed by atoms with Gasteiger partial charge >= 0.3 is 0 Å². The van der Waals surface area contributed by atoms with Gasteiger partial charge in [0, 0.05) is 37.9 Å². The van der Waals surface area contributed by atoms with Crippen molar-refractivity contribution >= 4 is 11.6 Å². The Kier molecular flexibility index (Phi) is 6.17. The molecule has 0 spiro atoms. The van der Waals surface area contributed by atoms with Gasteiger partial charge in [0.15, 0.2) is 11.7 Å². The number of aliphatic imine (C=N–C) groups is 1. The molecule has 0 bridgehead atoms. The lowest BCUT2D eigenvalue weighted by atomic mass is 10.0. The van der Waals surface area contributed by atoms with Crippen molar-refractivity contribution in [3.05, 3.63) is 48.5 Å². The van der Waals surface area contributed by atoms with Crippen LogP contribution in [0.4, 0.5) is 5.69 Å². The highest BCUT2D eigenvalue weighted by molar-refractivity contribution is 5.80. The number of benzene rings is 1. The van der Waals surface area contributed by atoms with Crippen LogP contribution in [0.3, 0.4) is 0 Å². The van der Waals surface area contributed by atoms with E-state index in [0.717, 1.165) is 37.6 Å². The topological polar surface area (TPSA) is 104 Å². The van der Waals surface area contributed by atoms with Crippen LogP contribution in [-0.2, 0) is 6.54 Å². The first-order chi connectivity index (χ1) is 14.7. The molecule has 158 valence electrons. The third kappa shape index (κ3) is 4.73. The van der Waals surface area contributed by atoms with E-state index in [-0.39, 0.29) is 0 Å². The minimum atomic E-state index is 0.296. The van der Waals surface area contributed by atoms with Crippen LogP contribution in [0.25, 0.3) is 11.6 Å². The van der Waals surface area contributed by atoms with Gasteiger partial charge in [0.05, 0.1) is 19.9 Å². The summed E-state index contributed by atoms with van der Waals surface area (Å²) in [5.74, 6) is 3.51. The van der Waals surface area contributed by atoms with E-state index in [2.05, 4.69) is 47.8 Å². The van der Waals surface area contributed by atoms with Crippen LogP contribution < -0.4 is 20.3 Å². The monoisotopic (exact) mass is 409 g/mol. The van der Waals surface area contributed by atoms with E-state index in [1.165, 1.54) is 5.69 Å². The summed E-state index contributed by atoms with van der Waals surface area (Å²) >= 11 is 0. The number of methoxy groups -OCH3 is 1. The fraction of sp³-hybridized carbons (Fsp3) is 0.381. The average molecular weight is 409 g/mol. The van der Waals surface area contributed by atoms with Crippen molar-refractivity contribution in [2.45, 2.75) is 25.4 Å². The first kappa shape index (κ1) is 19.8. The standard InChI is InChI=1S/C21H27N7O2/c1-22-21(23-13-19-25-20(27-26-19)18-9-5-11-30-18)24-15-6-4-10-28(14-15)16-7-3-8-17(12-16)29-2/h3,5,7-9,11-12,15H,4,6,10,13-14H2,1-2H3,(H2,22,23,24)(H,25,26,27). The molecular formula is C21H27N7O2. The van der Waals surface area contributed by atoms with Crippen LogP contribution in [0, 0.1) is 0 Å². The van der Waals surface area contributed by atoms with Crippen molar-refractivity contribution in [3.8, 4) is 17.3 Å². The molecule has 3 N–H and O–H groups in total. The molecule has 0 amide bonds. The van der Waals surface area contributed by atoms with Gasteiger partial charge in [0.2, 0.25) is 5.82 Å². The number of nitrogens with zero attached hydrogens (tertiary/aromatic N) is 4. The van der Waals surface area contributed by atoms with Crippen molar-refractivity contribution in [2.75, 3.05) is 32.1 Å². The van der Waals surface area contributed by atoms with Crippen LogP contribution in [0.5, 0.6) is 5.75 Å². The molecular weight excluding hydrogens is 382 g/mol. The number of nitrogens with one attached hydrogen (secondary N) is 3. The highest BCUT2D eigenvalue weighted by Gasteiger charge is 2.21. The number of guanidine groups is 1. The van der Waals surface area contributed by atoms with Gasteiger partial charge in [-0.3, -0.25) is 10.1 Å². The lowest BCUT2D eigenvalue weighted by Crippen LogP contribution is -2.51. The van der Waals surface area contributed by atoms with Gasteiger partial charge in [-0.05, 0) is 37.1 Å². The van der Waals surface area contributed by atoms with E-state index < -0.39 is 0 Å². The summed E-state index contributed by atoms with van der Waals surface area (Å²) in [6, 6.07) is 12.1. The summed E-state index contributed by atoms with van der Waals surface area (Å²) in [6.45, 7) is 2.42. The van der Waals surface area contributed by atoms with Gasteiger partial charge in [0.25, 0.3) is 0 Å². The molecule has 2 aromatic heterocycles. The van der Waals surface area contributed by atoms with Crippen LogP contribution in [0.2, 0.25) is 0 Å². The maximum atomic E-state index is 5.36. The lowest BCUT2D eigenvalue weighted by molar-refractivity contribution is 0.414. The molecule has 1 fully saturated rings. The number of anilines is 1. The SMILES string of the molecule is CN=C(NCc1nc(-c2ccco2)n[nH]1)NC1CCCN(c2cccc(OC)c2)C1. The van der Waals surface area contributed by atoms with E-state index in [4.69, 9.17) is 9.15 Å². The zero-order chi connectivity index (χ0) is 20.8. The summed E-state index contributed by atoms with van der Waals surface area (Å²) in [4.78, 5) is 11.2. The van der Waals surface area contributed by atoms with E-state index in [0.29, 0.717) is 30.0 Å². The molecule has 0 radical (unpaired) electrons. The Bertz CT molecular complexity index is 967. The number of piperidine rings is 1. The third-order valence-electron chi connectivity index (χ3n) is 5.10. The van der Waals surface area contributed by atoms with E-state index in [9.17, 15) is 0 Å². The lowest BCUT2D eigenvalue weighted by Gasteiger charge is -2.35. The third-order valence-corrected chi connectivity index (χ3v) is 5.10. The number of hydrogen-bond acceptors (Lipinski definition) is 6. The first-order valence-electron chi connectivity index (χ1n) is 10.1. The zero-order valence-electron chi connectivity index (χ0n) is 17.3. The molecule has 9 heteroatoms. The number of aromatic nitrogens is 3. The van der Waals surface area contributed by atoms with E-state index in [1.807, 2.05) is 24.3 Å². The zero-order valence-corrected chi connectivity index (χ0v) is 17.3. The molecule has 30 heavy (non-hydrogen) atoms. The molecule has 1 atom stereocenters. The number of aromatic amines is 1. The number of hydrogen-bond donors (Lipinski definition) is 3. The molecule has 1 aliphatic heterocycles. The Morgan fingerprint density at radius 3 is 3.10 bits per heavy atom. The number of H-pyrrole nitrogens is 1. The molecule has 1 aliphatic rings. The molecule has 9 nitrogen and oxygen atoms in total. The molecule has 1 unspecified atom stereocenters. The summed E-state index contributed by atoms with van der Waals surface area (Å²) < 4.78 is 10.7. The summed E-state index contributed by atoms with van der Waals surface area (Å²) in [6.07, 6.45) is 3.81. The molecule has 0 saturated carbocycles. The van der Waals surface area contributed by atoms with Crippen LogP contribution in [0.1, 0.15) is 18.7 Å². The smallest absolute Gasteiger partial charge is 0.216 e. The summed E-state index contributed by atoms with van der Waals surface area (Å²) in [7, 11) is 3.47. The Morgan fingerprint density at radius 1 is 1.37 bits per heavy atom. The highest BCUT2D eigenvalue weighted by Crippen LogP contribution is 2.24. The summed E-state index contributed by atoms with van der Waals surface area (Å²) in [5, 5.41) is 13.9. The maximum absolute atomic E-state index is 5.36. The predicted molar refractivity (Wildman–Crippen MR) is 116 cm³/mol. The molecule has 3 heterocycles. The fourth-order valence-corrected chi connectivity index (χ4v) is 3.58. The van der Waals surface area contributed by atoms with Crippen molar-refractivity contribution in [3.63, 3.8) is 0 Å². The fourth-order valence-electron chi connectivity index (χ4n) is 3.58. The Hall–Kier alpha value is -3.49. The summed E-state index contributed by atoms with van der Waals surface area (Å²) in [5.41, 5.74) is 1.18. The second-order valence-corrected chi connectivity index (χ2v) is 7.14. The second kappa shape index (κ2) is 9.34. The maximum Gasteiger partial charge on any atom is 0.216 e. The molecule has 4 rings (SSSR count). The van der Waals surface area contributed by atoms with Gasteiger partial charge in [-0.25, -0.2) is 4.98 Å². The minimum Gasteiger partial charge on any atom is -0.497 e. The number of furan rings is 1. The van der Waals surface area contributed by atoms with Gasteiger partial charge in [0.1, 0.15) is 11.6 Å². The quantitative estimate of drug-likeness (QED) is 0.424. The Morgan fingerprint density at radius 2 is 2.30 bits per heavy atom. The Balaban J connectivity index is 1.32. The van der Waals surface area contributed by atoms with Crippen LogP contribution in [0.15, 0.2) is 52.1 Å². The molecule has 1 saturated heterocycles. The largest absolute Gasteiger partial charge is 0.497 e. The van der Waals surface area contributed by atoms with E-state index in [1.54, 1.807) is 20.4 Å².